The molecule has 0 bridgehead atoms. The van der Waals surface area contributed by atoms with Crippen molar-refractivity contribution in [3.05, 3.63) is 30.3 Å². The van der Waals surface area contributed by atoms with E-state index in [1.54, 1.807) is 23.5 Å². The molecule has 7 nitrogen and oxygen atoms in total. The molecule has 2 amide bonds. The van der Waals surface area contributed by atoms with Gasteiger partial charge in [0, 0.05) is 12.4 Å². The second-order valence-corrected chi connectivity index (χ2v) is 7.16. The molecule has 1 heterocycles. The molecule has 0 aliphatic carbocycles. The van der Waals surface area contributed by atoms with Gasteiger partial charge in [-0.15, -0.1) is 0 Å². The zero-order valence-corrected chi connectivity index (χ0v) is 16.3. The predicted molar refractivity (Wildman–Crippen MR) is 99.2 cm³/mol. The molecule has 1 N–H and O–H groups in total. The zero-order valence-electron chi connectivity index (χ0n) is 15.4. The van der Waals surface area contributed by atoms with E-state index in [-0.39, 0.29) is 22.7 Å². The fourth-order valence-electron chi connectivity index (χ4n) is 2.40. The van der Waals surface area contributed by atoms with Gasteiger partial charge in [0.1, 0.15) is 0 Å². The predicted octanol–water partition coefficient (Wildman–Crippen LogP) is 3.16. The Morgan fingerprint density at radius 1 is 1.32 bits per heavy atom. The highest BCUT2D eigenvalue weighted by molar-refractivity contribution is 8.15. The lowest BCUT2D eigenvalue weighted by Crippen LogP contribution is -2.68. The molecule has 1 aliphatic heterocycles. The summed E-state index contributed by atoms with van der Waals surface area (Å²) >= 11 is 1.23. The number of para-hydroxylation sites is 1. The molecule has 2 atom stereocenters. The van der Waals surface area contributed by atoms with Crippen molar-refractivity contribution in [2.75, 3.05) is 25.2 Å². The Morgan fingerprint density at radius 2 is 1.96 bits per heavy atom. The van der Waals surface area contributed by atoms with E-state index in [1.807, 2.05) is 6.92 Å². The van der Waals surface area contributed by atoms with Crippen molar-refractivity contribution in [3.8, 4) is 0 Å². The number of amides is 2. The largest absolute Gasteiger partial charge is 0.462 e. The summed E-state index contributed by atoms with van der Waals surface area (Å²) in [5, 5.41) is 1.93. The standard InChI is InChI=1S/C17H20F3N3O4S/c1-4-27-13(24)16(26-3,17(18,19)20)22-14(25)23(12-8-6-5-7-9-12)15-21-10-11(2)28-15/h5-9,11H,4,10H2,1-3H3,(H,22,25)/t11-,16+/m1/s1. The zero-order chi connectivity index (χ0) is 20.9. The number of rotatable bonds is 5. The van der Waals surface area contributed by atoms with Crippen LogP contribution in [0.4, 0.5) is 23.7 Å². The number of urea groups is 1. The molecule has 0 spiro atoms. The molecule has 1 aromatic carbocycles. The molecule has 0 fully saturated rings. The van der Waals surface area contributed by atoms with E-state index in [0.29, 0.717) is 13.7 Å². The molecule has 154 valence electrons. The molecule has 0 aromatic heterocycles. The lowest BCUT2D eigenvalue weighted by molar-refractivity contribution is -0.276. The van der Waals surface area contributed by atoms with Crippen LogP contribution in [-0.4, -0.2) is 54.6 Å². The highest BCUT2D eigenvalue weighted by atomic mass is 32.2. The Labute approximate surface area is 164 Å². The van der Waals surface area contributed by atoms with Gasteiger partial charge in [-0.05, 0) is 19.1 Å². The van der Waals surface area contributed by atoms with Gasteiger partial charge in [0.25, 0.3) is 0 Å². The number of thioether (sulfide) groups is 1. The molecular formula is C17H20F3N3O4S. The second kappa shape index (κ2) is 8.82. The summed E-state index contributed by atoms with van der Waals surface area (Å²) in [6.45, 7) is 3.30. The summed E-state index contributed by atoms with van der Waals surface area (Å²) in [5.41, 5.74) is -3.36. The van der Waals surface area contributed by atoms with Gasteiger partial charge >= 0.3 is 23.9 Å². The van der Waals surface area contributed by atoms with E-state index >= 15 is 0 Å². The SMILES string of the molecule is CCOC(=O)[C@](NC(=O)N(C1=NC[C@@H](C)S1)c1ccccc1)(OC)C(F)(F)F. The van der Waals surface area contributed by atoms with Crippen LogP contribution in [0, 0.1) is 0 Å². The molecule has 28 heavy (non-hydrogen) atoms. The Bertz CT molecular complexity index is 745. The number of alkyl halides is 3. The Hall–Kier alpha value is -2.27. The van der Waals surface area contributed by atoms with Gasteiger partial charge in [-0.1, -0.05) is 36.9 Å². The summed E-state index contributed by atoms with van der Waals surface area (Å²) in [4.78, 5) is 30.2. The number of nitrogens with zero attached hydrogens (tertiary/aromatic N) is 2. The fraction of sp³-hybridized carbons (Fsp3) is 0.471. The summed E-state index contributed by atoms with van der Waals surface area (Å²) in [6, 6.07) is 6.80. The first-order valence-corrected chi connectivity index (χ1v) is 9.21. The third kappa shape index (κ3) is 4.41. The van der Waals surface area contributed by atoms with Crippen molar-refractivity contribution in [2.45, 2.75) is 31.0 Å². The second-order valence-electron chi connectivity index (χ2n) is 5.76. The van der Waals surface area contributed by atoms with E-state index in [0.717, 1.165) is 4.90 Å². The number of aliphatic imine (C=N–C) groups is 1. The smallest absolute Gasteiger partial charge is 0.448 e. The maximum atomic E-state index is 13.7. The van der Waals surface area contributed by atoms with Crippen molar-refractivity contribution in [1.29, 1.82) is 0 Å². The number of amidine groups is 1. The van der Waals surface area contributed by atoms with Crippen LogP contribution in [0.3, 0.4) is 0 Å². The molecule has 0 saturated carbocycles. The van der Waals surface area contributed by atoms with Crippen molar-refractivity contribution >= 4 is 34.6 Å². The van der Waals surface area contributed by atoms with Gasteiger partial charge in [0.05, 0.1) is 18.8 Å². The number of hydrogen-bond donors (Lipinski definition) is 1. The first kappa shape index (κ1) is 22.0. The van der Waals surface area contributed by atoms with Gasteiger partial charge in [-0.2, -0.15) is 13.2 Å². The monoisotopic (exact) mass is 419 g/mol. The van der Waals surface area contributed by atoms with E-state index in [9.17, 15) is 22.8 Å². The molecule has 0 unspecified atom stereocenters. The van der Waals surface area contributed by atoms with Gasteiger partial charge in [-0.3, -0.25) is 10.3 Å². The van der Waals surface area contributed by atoms with Gasteiger partial charge in [-0.25, -0.2) is 14.5 Å². The van der Waals surface area contributed by atoms with Crippen LogP contribution in [-0.2, 0) is 14.3 Å². The van der Waals surface area contributed by atoms with Crippen molar-refractivity contribution in [1.82, 2.24) is 5.32 Å². The Balaban J connectivity index is 2.43. The fourth-order valence-corrected chi connectivity index (χ4v) is 3.35. The van der Waals surface area contributed by atoms with E-state index in [4.69, 9.17) is 0 Å². The summed E-state index contributed by atoms with van der Waals surface area (Å²) < 4.78 is 50.1. The highest BCUT2D eigenvalue weighted by Crippen LogP contribution is 2.34. The topological polar surface area (TPSA) is 80.2 Å². The normalized spacial score (nSPS) is 18.8. The van der Waals surface area contributed by atoms with Crippen molar-refractivity contribution in [2.24, 2.45) is 4.99 Å². The number of benzene rings is 1. The summed E-state index contributed by atoms with van der Waals surface area (Å²) in [7, 11) is 0.668. The molecule has 2 rings (SSSR count). The van der Waals surface area contributed by atoms with E-state index < -0.39 is 23.9 Å². The number of hydrogen-bond acceptors (Lipinski definition) is 6. The lowest BCUT2D eigenvalue weighted by atomic mass is 10.2. The number of halogens is 3. The van der Waals surface area contributed by atoms with Gasteiger partial charge in [0.15, 0.2) is 5.17 Å². The number of carbonyl (C=O) groups is 2. The van der Waals surface area contributed by atoms with Crippen LogP contribution < -0.4 is 10.2 Å². The number of carbonyl (C=O) groups excluding carboxylic acids is 2. The van der Waals surface area contributed by atoms with Gasteiger partial charge in [0.2, 0.25) is 0 Å². The van der Waals surface area contributed by atoms with E-state index in [2.05, 4.69) is 14.5 Å². The molecule has 1 aromatic rings. The van der Waals surface area contributed by atoms with Crippen LogP contribution in [0.2, 0.25) is 0 Å². The molecule has 0 saturated heterocycles. The minimum absolute atomic E-state index is 0.0499. The first-order chi connectivity index (χ1) is 13.2. The maximum Gasteiger partial charge on any atom is 0.448 e. The molecule has 11 heteroatoms. The van der Waals surface area contributed by atoms with Crippen LogP contribution >= 0.6 is 11.8 Å². The number of anilines is 1. The highest BCUT2D eigenvalue weighted by Gasteiger charge is 2.65. The number of methoxy groups -OCH3 is 1. The Morgan fingerprint density at radius 3 is 2.43 bits per heavy atom. The van der Waals surface area contributed by atoms with Crippen LogP contribution in [0.1, 0.15) is 13.8 Å². The maximum absolute atomic E-state index is 13.7. The van der Waals surface area contributed by atoms with E-state index in [1.165, 1.54) is 30.8 Å². The van der Waals surface area contributed by atoms with Crippen molar-refractivity contribution < 1.29 is 32.2 Å². The number of nitrogens with one attached hydrogen (secondary N) is 1. The van der Waals surface area contributed by atoms with Gasteiger partial charge < -0.3 is 9.47 Å². The Kier molecular flexibility index (Phi) is 6.94. The summed E-state index contributed by atoms with van der Waals surface area (Å²) in [6.07, 6.45) is -5.26. The minimum atomic E-state index is -5.26. The van der Waals surface area contributed by atoms with Crippen molar-refractivity contribution in [3.63, 3.8) is 0 Å². The minimum Gasteiger partial charge on any atom is -0.462 e. The number of esters is 1. The van der Waals surface area contributed by atoms with Crippen LogP contribution in [0.15, 0.2) is 35.3 Å². The molecule has 1 aliphatic rings. The average Bonchev–Trinajstić information content (AvgIpc) is 3.05. The van der Waals surface area contributed by atoms with Crippen LogP contribution in [0.25, 0.3) is 0 Å². The number of ether oxygens (including phenoxy) is 2. The average molecular weight is 419 g/mol. The quantitative estimate of drug-likeness (QED) is 0.586. The third-order valence-electron chi connectivity index (χ3n) is 3.75. The molecular weight excluding hydrogens is 399 g/mol. The summed E-state index contributed by atoms with van der Waals surface area (Å²) in [5.74, 6) is -1.76. The van der Waals surface area contributed by atoms with Crippen LogP contribution in [0.5, 0.6) is 0 Å². The molecule has 0 radical (unpaired) electrons. The first-order valence-electron chi connectivity index (χ1n) is 8.33. The third-order valence-corrected chi connectivity index (χ3v) is 4.82. The lowest BCUT2D eigenvalue weighted by Gasteiger charge is -2.34.